The van der Waals surface area contributed by atoms with Crippen LogP contribution in [-0.4, -0.2) is 59.5 Å². The number of aliphatic carboxylic acids is 1. The van der Waals surface area contributed by atoms with Crippen molar-refractivity contribution in [2.24, 2.45) is 11.3 Å². The quantitative estimate of drug-likeness (QED) is 0.800. The molecule has 20 heavy (non-hydrogen) atoms. The van der Waals surface area contributed by atoms with Crippen LogP contribution in [-0.2, 0) is 9.59 Å². The van der Waals surface area contributed by atoms with Crippen molar-refractivity contribution in [2.45, 2.75) is 39.5 Å². The topological polar surface area (TPSA) is 60.9 Å². The van der Waals surface area contributed by atoms with E-state index < -0.39 is 11.4 Å². The Morgan fingerprint density at radius 1 is 1.10 bits per heavy atom. The molecule has 5 nitrogen and oxygen atoms in total. The number of hydrogen-bond acceptors (Lipinski definition) is 3. The minimum absolute atomic E-state index is 0.0420. The smallest absolute Gasteiger partial charge is 0.303 e. The predicted molar refractivity (Wildman–Crippen MR) is 76.4 cm³/mol. The van der Waals surface area contributed by atoms with Gasteiger partial charge in [-0.1, -0.05) is 13.8 Å². The van der Waals surface area contributed by atoms with Crippen LogP contribution in [0.4, 0.5) is 0 Å². The second-order valence-corrected chi connectivity index (χ2v) is 7.04. The number of carboxylic acid groups (broad SMARTS) is 1. The van der Waals surface area contributed by atoms with E-state index >= 15 is 0 Å². The van der Waals surface area contributed by atoms with Crippen LogP contribution in [0.2, 0.25) is 0 Å². The molecule has 114 valence electrons. The van der Waals surface area contributed by atoms with Gasteiger partial charge in [0.25, 0.3) is 0 Å². The second-order valence-electron chi connectivity index (χ2n) is 7.04. The lowest BCUT2D eigenvalue weighted by molar-refractivity contribution is -0.141. The first-order valence-electron chi connectivity index (χ1n) is 7.58. The van der Waals surface area contributed by atoms with Gasteiger partial charge in [-0.25, -0.2) is 0 Å². The molecule has 0 aromatic carbocycles. The standard InChI is InChI=1S/C15H26N2O3/c1-15(2,10-14(19)20)9-13(18)17-7-5-16(6-8-17)11-12-3-4-12/h12H,3-11H2,1-2H3,(H,19,20). The van der Waals surface area contributed by atoms with Gasteiger partial charge in [0.2, 0.25) is 5.91 Å². The van der Waals surface area contributed by atoms with Crippen LogP contribution >= 0.6 is 0 Å². The summed E-state index contributed by atoms with van der Waals surface area (Å²) < 4.78 is 0. The molecular weight excluding hydrogens is 256 g/mol. The molecule has 2 fully saturated rings. The van der Waals surface area contributed by atoms with Crippen molar-refractivity contribution in [3.63, 3.8) is 0 Å². The average molecular weight is 282 g/mol. The highest BCUT2D eigenvalue weighted by atomic mass is 16.4. The van der Waals surface area contributed by atoms with Crippen molar-refractivity contribution in [3.8, 4) is 0 Å². The van der Waals surface area contributed by atoms with E-state index in [-0.39, 0.29) is 12.3 Å². The molecule has 0 aromatic rings. The Kier molecular flexibility index (Phi) is 4.68. The number of carbonyl (C=O) groups is 2. The van der Waals surface area contributed by atoms with Crippen molar-refractivity contribution in [2.75, 3.05) is 32.7 Å². The fourth-order valence-corrected chi connectivity index (χ4v) is 2.84. The first-order valence-corrected chi connectivity index (χ1v) is 7.58. The largest absolute Gasteiger partial charge is 0.481 e. The summed E-state index contributed by atoms with van der Waals surface area (Å²) in [5, 5.41) is 8.87. The third-order valence-corrected chi connectivity index (χ3v) is 4.20. The molecule has 5 heteroatoms. The predicted octanol–water partition coefficient (Wildman–Crippen LogP) is 1.43. The van der Waals surface area contributed by atoms with Crippen LogP contribution in [0.15, 0.2) is 0 Å². The monoisotopic (exact) mass is 282 g/mol. The minimum atomic E-state index is -0.836. The summed E-state index contributed by atoms with van der Waals surface area (Å²) in [5.74, 6) is 0.158. The zero-order valence-electron chi connectivity index (χ0n) is 12.6. The van der Waals surface area contributed by atoms with Gasteiger partial charge in [0.15, 0.2) is 0 Å². The third-order valence-electron chi connectivity index (χ3n) is 4.20. The van der Waals surface area contributed by atoms with Gasteiger partial charge in [0, 0.05) is 39.1 Å². The highest BCUT2D eigenvalue weighted by molar-refractivity contribution is 5.78. The first kappa shape index (κ1) is 15.3. The Labute approximate surface area is 120 Å². The van der Waals surface area contributed by atoms with Gasteiger partial charge in [-0.3, -0.25) is 14.5 Å². The van der Waals surface area contributed by atoms with Gasteiger partial charge < -0.3 is 10.0 Å². The lowest BCUT2D eigenvalue weighted by atomic mass is 9.85. The summed E-state index contributed by atoms with van der Waals surface area (Å²) in [6, 6.07) is 0. The van der Waals surface area contributed by atoms with Crippen LogP contribution in [0.1, 0.15) is 39.5 Å². The van der Waals surface area contributed by atoms with E-state index in [0.717, 1.165) is 32.1 Å². The molecule has 0 aromatic heterocycles. The van der Waals surface area contributed by atoms with Gasteiger partial charge in [-0.2, -0.15) is 0 Å². The molecular formula is C15H26N2O3. The van der Waals surface area contributed by atoms with E-state index in [2.05, 4.69) is 4.90 Å². The molecule has 1 amide bonds. The maximum Gasteiger partial charge on any atom is 0.303 e. The number of piperazine rings is 1. The van der Waals surface area contributed by atoms with Gasteiger partial charge >= 0.3 is 5.97 Å². The Balaban J connectivity index is 1.74. The molecule has 1 saturated carbocycles. The molecule has 0 atom stereocenters. The summed E-state index contributed by atoms with van der Waals surface area (Å²) in [6.45, 7) is 8.38. The van der Waals surface area contributed by atoms with Crippen molar-refractivity contribution in [1.29, 1.82) is 0 Å². The van der Waals surface area contributed by atoms with Crippen molar-refractivity contribution in [3.05, 3.63) is 0 Å². The maximum atomic E-state index is 12.3. The molecule has 1 heterocycles. The van der Waals surface area contributed by atoms with Crippen LogP contribution in [0.3, 0.4) is 0 Å². The number of carboxylic acids is 1. The maximum absolute atomic E-state index is 12.3. The van der Waals surface area contributed by atoms with E-state index in [0.29, 0.717) is 6.42 Å². The Morgan fingerprint density at radius 3 is 2.20 bits per heavy atom. The number of amides is 1. The van der Waals surface area contributed by atoms with Crippen LogP contribution in [0, 0.1) is 11.3 Å². The Hall–Kier alpha value is -1.10. The summed E-state index contributed by atoms with van der Waals surface area (Å²) >= 11 is 0. The summed E-state index contributed by atoms with van der Waals surface area (Å²) in [6.07, 6.45) is 3.09. The third kappa shape index (κ3) is 4.78. The number of rotatable bonds is 6. The van der Waals surface area contributed by atoms with Crippen molar-refractivity contribution < 1.29 is 14.7 Å². The van der Waals surface area contributed by atoms with Crippen LogP contribution < -0.4 is 0 Å². The molecule has 0 unspecified atom stereocenters. The number of nitrogens with zero attached hydrogens (tertiary/aromatic N) is 2. The molecule has 1 aliphatic heterocycles. The average Bonchev–Trinajstić information content (AvgIpc) is 3.11. The van der Waals surface area contributed by atoms with E-state index in [1.165, 1.54) is 19.4 Å². The van der Waals surface area contributed by atoms with Crippen molar-refractivity contribution >= 4 is 11.9 Å². The zero-order valence-corrected chi connectivity index (χ0v) is 12.6. The lowest BCUT2D eigenvalue weighted by Crippen LogP contribution is -2.49. The lowest BCUT2D eigenvalue weighted by Gasteiger charge is -2.36. The summed E-state index contributed by atoms with van der Waals surface area (Å²) in [7, 11) is 0. The molecule has 0 bridgehead atoms. The van der Waals surface area contributed by atoms with Crippen LogP contribution in [0.25, 0.3) is 0 Å². The molecule has 0 radical (unpaired) electrons. The Morgan fingerprint density at radius 2 is 1.70 bits per heavy atom. The minimum Gasteiger partial charge on any atom is -0.481 e. The highest BCUT2D eigenvalue weighted by Gasteiger charge is 2.30. The summed E-state index contributed by atoms with van der Waals surface area (Å²) in [4.78, 5) is 27.4. The van der Waals surface area contributed by atoms with Gasteiger partial charge in [0.05, 0.1) is 6.42 Å². The number of hydrogen-bond donors (Lipinski definition) is 1. The van der Waals surface area contributed by atoms with Crippen LogP contribution in [0.5, 0.6) is 0 Å². The van der Waals surface area contributed by atoms with E-state index in [9.17, 15) is 9.59 Å². The fourth-order valence-electron chi connectivity index (χ4n) is 2.84. The van der Waals surface area contributed by atoms with E-state index in [1.807, 2.05) is 18.7 Å². The molecule has 2 aliphatic rings. The normalized spacial score (nSPS) is 21.0. The summed E-state index contributed by atoms with van der Waals surface area (Å²) in [5.41, 5.74) is -0.464. The fraction of sp³-hybridized carbons (Fsp3) is 0.867. The molecule has 1 saturated heterocycles. The molecule has 0 spiro atoms. The second kappa shape index (κ2) is 6.12. The Bertz CT molecular complexity index is 369. The van der Waals surface area contributed by atoms with Gasteiger partial charge in [-0.15, -0.1) is 0 Å². The molecule has 1 N–H and O–H groups in total. The van der Waals surface area contributed by atoms with Crippen molar-refractivity contribution in [1.82, 2.24) is 9.80 Å². The highest BCUT2D eigenvalue weighted by Crippen LogP contribution is 2.30. The zero-order chi connectivity index (χ0) is 14.8. The molecule has 2 rings (SSSR count). The number of carbonyl (C=O) groups excluding carboxylic acids is 1. The molecule has 1 aliphatic carbocycles. The first-order chi connectivity index (χ1) is 9.35. The van der Waals surface area contributed by atoms with E-state index in [4.69, 9.17) is 5.11 Å². The van der Waals surface area contributed by atoms with Gasteiger partial charge in [-0.05, 0) is 24.2 Å². The van der Waals surface area contributed by atoms with Gasteiger partial charge in [0.1, 0.15) is 0 Å². The van der Waals surface area contributed by atoms with E-state index in [1.54, 1.807) is 0 Å². The SMILES string of the molecule is CC(C)(CC(=O)O)CC(=O)N1CCN(CC2CC2)CC1.